The molecule has 1 fully saturated rings. The Bertz CT molecular complexity index is 1540. The molecule has 0 saturated carbocycles. The van der Waals surface area contributed by atoms with Crippen molar-refractivity contribution in [1.29, 1.82) is 0 Å². The van der Waals surface area contributed by atoms with Crippen LogP contribution in [0.2, 0.25) is 0 Å². The minimum atomic E-state index is -1.04. The number of primary amides is 2. The van der Waals surface area contributed by atoms with Crippen LogP contribution in [0.3, 0.4) is 0 Å². The fraction of sp³-hybridized carbons (Fsp3) is 0.632. The summed E-state index contributed by atoms with van der Waals surface area (Å²) >= 11 is 1.49. The molecule has 0 aromatic heterocycles. The van der Waals surface area contributed by atoms with Gasteiger partial charge in [-0.25, -0.2) is 9.59 Å². The zero-order valence-corrected chi connectivity index (χ0v) is 34.4. The molecular formula is C38H60N8O9S. The first-order valence-electron chi connectivity index (χ1n) is 19.0. The molecule has 9 amide bonds. The van der Waals surface area contributed by atoms with E-state index in [1.165, 1.54) is 23.7 Å². The Hall–Kier alpha value is -4.87. The highest BCUT2D eigenvalue weighted by Crippen LogP contribution is 2.28. The Morgan fingerprint density at radius 3 is 2.12 bits per heavy atom. The maximum absolute atomic E-state index is 13.5. The number of amides is 9. The maximum Gasteiger partial charge on any atom is 0.410 e. The molecule has 312 valence electrons. The van der Waals surface area contributed by atoms with Crippen LogP contribution in [0.1, 0.15) is 92.1 Å². The third-order valence-electron chi connectivity index (χ3n) is 9.00. The van der Waals surface area contributed by atoms with Crippen molar-refractivity contribution in [2.75, 3.05) is 25.5 Å². The molecule has 8 N–H and O–H groups in total. The lowest BCUT2D eigenvalue weighted by Crippen LogP contribution is -2.54. The van der Waals surface area contributed by atoms with Crippen molar-refractivity contribution < 1.29 is 43.1 Å². The molecule has 1 aliphatic rings. The largest absolute Gasteiger partial charge is 0.445 e. The van der Waals surface area contributed by atoms with Gasteiger partial charge in [0, 0.05) is 38.7 Å². The molecule has 17 nitrogen and oxygen atoms in total. The first kappa shape index (κ1) is 47.3. The summed E-state index contributed by atoms with van der Waals surface area (Å²) < 4.78 is 5.34. The highest BCUT2D eigenvalue weighted by atomic mass is 32.2. The van der Waals surface area contributed by atoms with E-state index in [4.69, 9.17) is 16.2 Å². The van der Waals surface area contributed by atoms with Crippen molar-refractivity contribution in [3.8, 4) is 0 Å². The monoisotopic (exact) mass is 804 g/mol. The average molecular weight is 805 g/mol. The number of carbonyl (C=O) groups excluding carboxylic acids is 8. The number of nitrogens with zero attached hydrogens (tertiary/aromatic N) is 2. The second-order valence-corrected chi connectivity index (χ2v) is 16.6. The number of unbranched alkanes of at least 4 members (excludes halogenated alkanes) is 2. The summed E-state index contributed by atoms with van der Waals surface area (Å²) in [6.45, 7) is 11.4. The van der Waals surface area contributed by atoms with E-state index in [0.29, 0.717) is 43.5 Å². The maximum atomic E-state index is 13.5. The lowest BCUT2D eigenvalue weighted by Gasteiger charge is -2.27. The Balaban J connectivity index is 1.96. The number of nitrogens with one attached hydrogen (secondary N) is 4. The Labute approximate surface area is 333 Å². The van der Waals surface area contributed by atoms with E-state index in [1.54, 1.807) is 52.0 Å². The van der Waals surface area contributed by atoms with Crippen molar-refractivity contribution in [1.82, 2.24) is 25.8 Å². The molecule has 1 aliphatic heterocycles. The van der Waals surface area contributed by atoms with E-state index in [0.717, 1.165) is 4.90 Å². The topological polar surface area (TPSA) is 252 Å². The zero-order chi connectivity index (χ0) is 42.1. The minimum Gasteiger partial charge on any atom is -0.445 e. The van der Waals surface area contributed by atoms with Crippen molar-refractivity contribution in [2.45, 2.75) is 122 Å². The van der Waals surface area contributed by atoms with Gasteiger partial charge in [0.05, 0.1) is 5.25 Å². The molecule has 1 saturated heterocycles. The van der Waals surface area contributed by atoms with E-state index in [-0.39, 0.29) is 72.5 Å². The average Bonchev–Trinajstić information content (AvgIpc) is 3.37. The molecule has 18 heteroatoms. The van der Waals surface area contributed by atoms with Gasteiger partial charge in [-0.3, -0.25) is 38.6 Å². The molecule has 0 spiro atoms. The summed E-state index contributed by atoms with van der Waals surface area (Å²) in [5.74, 6) is -2.96. The second kappa shape index (κ2) is 23.3. The van der Waals surface area contributed by atoms with E-state index in [2.05, 4.69) is 21.3 Å². The lowest BCUT2D eigenvalue weighted by atomic mass is 10.0. The third kappa shape index (κ3) is 15.7. The van der Waals surface area contributed by atoms with Crippen molar-refractivity contribution in [3.05, 3.63) is 29.8 Å². The van der Waals surface area contributed by atoms with Gasteiger partial charge in [-0.1, -0.05) is 60.1 Å². The fourth-order valence-corrected chi connectivity index (χ4v) is 7.26. The smallest absolute Gasteiger partial charge is 0.410 e. The first-order valence-corrected chi connectivity index (χ1v) is 20.0. The number of likely N-dealkylation sites (tertiary alicyclic amines) is 1. The fourth-order valence-electron chi connectivity index (χ4n) is 6.12. The molecule has 1 aromatic rings. The van der Waals surface area contributed by atoms with Crippen molar-refractivity contribution in [2.24, 2.45) is 23.3 Å². The quantitative estimate of drug-likeness (QED) is 0.0697. The molecule has 2 rings (SSSR count). The van der Waals surface area contributed by atoms with Crippen LogP contribution in [-0.2, 0) is 40.1 Å². The molecule has 1 heterocycles. The zero-order valence-electron chi connectivity index (χ0n) is 33.6. The van der Waals surface area contributed by atoms with Crippen LogP contribution < -0.4 is 32.7 Å². The predicted octanol–water partition coefficient (Wildman–Crippen LogP) is 2.61. The number of nitrogens with two attached hydrogens (primary N) is 2. The van der Waals surface area contributed by atoms with Gasteiger partial charge in [0.2, 0.25) is 35.4 Å². The van der Waals surface area contributed by atoms with Gasteiger partial charge in [-0.15, -0.1) is 11.8 Å². The lowest BCUT2D eigenvalue weighted by molar-refractivity contribution is -0.138. The van der Waals surface area contributed by atoms with Crippen LogP contribution in [0.4, 0.5) is 15.3 Å². The Morgan fingerprint density at radius 1 is 0.893 bits per heavy atom. The van der Waals surface area contributed by atoms with E-state index < -0.39 is 48.0 Å². The van der Waals surface area contributed by atoms with Crippen LogP contribution in [-0.4, -0.2) is 106 Å². The third-order valence-corrected chi connectivity index (χ3v) is 10.2. The molecular weight excluding hydrogens is 745 g/mol. The molecule has 1 unspecified atom stereocenters. The van der Waals surface area contributed by atoms with Crippen molar-refractivity contribution >= 4 is 65.0 Å². The van der Waals surface area contributed by atoms with Gasteiger partial charge in [-0.05, 0) is 60.5 Å². The van der Waals surface area contributed by atoms with Crippen LogP contribution in [0.5, 0.6) is 0 Å². The number of rotatable bonds is 23. The standard InChI is InChI=1S/C38H60N8O9S/c1-22(2)31(44-29(47)13-9-8-10-19-46-30(48)20-28(36(46)52)56-24(5)6)35(51)43-27(12-11-18-41-37(40)53)34(50)42-26-16-14-25(15-17-26)21-55-38(54)45(7)32(23(3)4)33(39)49/h14-17,22-24,27-28,31-32H,8-13,18-21H2,1-7H3,(H2,39,49)(H,42,50)(H,43,51)(H,44,47)(H3,40,41,53)/t27-,28?,31-,32-/m0/s1. The number of anilines is 1. The molecule has 0 bridgehead atoms. The van der Waals surface area contributed by atoms with Crippen LogP contribution >= 0.6 is 11.8 Å². The first-order chi connectivity index (χ1) is 26.3. The summed E-state index contributed by atoms with van der Waals surface area (Å²) in [5.41, 5.74) is 11.6. The highest BCUT2D eigenvalue weighted by Gasteiger charge is 2.38. The number of benzene rings is 1. The minimum absolute atomic E-state index is 0.103. The van der Waals surface area contributed by atoms with Gasteiger partial charge in [0.15, 0.2) is 0 Å². The van der Waals surface area contributed by atoms with E-state index in [9.17, 15) is 38.4 Å². The molecule has 0 aliphatic carbocycles. The molecule has 4 atom stereocenters. The number of urea groups is 1. The summed E-state index contributed by atoms with van der Waals surface area (Å²) in [7, 11) is 1.43. The Morgan fingerprint density at radius 2 is 1.55 bits per heavy atom. The number of likely N-dealkylation sites (N-methyl/N-ethyl adjacent to an activating group) is 1. The van der Waals surface area contributed by atoms with Gasteiger partial charge in [0.25, 0.3) is 0 Å². The number of carbonyl (C=O) groups is 8. The SMILES string of the molecule is CC(C)SC1CC(=O)N(CCCCCC(=O)N[C@H](C(=O)N[C@@H](CCCNC(N)=O)C(=O)Nc2ccc(COC(=O)N(C)[C@H](C(N)=O)C(C)C)cc2)C(C)C)C1=O. The van der Waals surface area contributed by atoms with Gasteiger partial charge in [0.1, 0.15) is 24.7 Å². The highest BCUT2D eigenvalue weighted by molar-refractivity contribution is 8.01. The van der Waals surface area contributed by atoms with Crippen molar-refractivity contribution in [3.63, 3.8) is 0 Å². The second-order valence-electron chi connectivity index (χ2n) is 14.8. The molecule has 1 aromatic carbocycles. The predicted molar refractivity (Wildman–Crippen MR) is 213 cm³/mol. The van der Waals surface area contributed by atoms with Crippen LogP contribution in [0, 0.1) is 11.8 Å². The number of imide groups is 1. The summed E-state index contributed by atoms with van der Waals surface area (Å²) in [5, 5.41) is 10.6. The molecule has 56 heavy (non-hydrogen) atoms. The Kier molecular flexibility index (Phi) is 19.6. The van der Waals surface area contributed by atoms with Crippen LogP contribution in [0.25, 0.3) is 0 Å². The van der Waals surface area contributed by atoms with Gasteiger partial charge < -0.3 is 37.5 Å². The summed E-state index contributed by atoms with van der Waals surface area (Å²) in [6.07, 6.45) is 1.71. The normalized spacial score (nSPS) is 15.7. The number of ether oxygens (including phenoxy) is 1. The number of thioether (sulfide) groups is 1. The number of hydrogen-bond donors (Lipinski definition) is 6. The number of hydrogen-bond acceptors (Lipinski definition) is 10. The van der Waals surface area contributed by atoms with Gasteiger partial charge >= 0.3 is 12.1 Å². The van der Waals surface area contributed by atoms with E-state index in [1.807, 2.05) is 13.8 Å². The summed E-state index contributed by atoms with van der Waals surface area (Å²) in [6, 6.07) is 2.92. The molecule has 0 radical (unpaired) electrons. The van der Waals surface area contributed by atoms with E-state index >= 15 is 0 Å². The summed E-state index contributed by atoms with van der Waals surface area (Å²) in [4.78, 5) is 103. The van der Waals surface area contributed by atoms with Crippen LogP contribution in [0.15, 0.2) is 24.3 Å². The van der Waals surface area contributed by atoms with Gasteiger partial charge in [-0.2, -0.15) is 0 Å².